The van der Waals surface area contributed by atoms with Gasteiger partial charge in [-0.2, -0.15) is 0 Å². The molecule has 0 spiro atoms. The van der Waals surface area contributed by atoms with Crippen LogP contribution in [0.1, 0.15) is 36.2 Å². The first kappa shape index (κ1) is 21.1. The van der Waals surface area contributed by atoms with Crippen LogP contribution in [0.5, 0.6) is 0 Å². The van der Waals surface area contributed by atoms with E-state index in [9.17, 15) is 9.59 Å². The lowest BCUT2D eigenvalue weighted by Gasteiger charge is -2.18. The first-order chi connectivity index (χ1) is 13.9. The Morgan fingerprint density at radius 1 is 1.14 bits per heavy atom. The first-order valence-corrected chi connectivity index (χ1v) is 10.9. The maximum absolute atomic E-state index is 12.6. The van der Waals surface area contributed by atoms with Crippen LogP contribution >= 0.6 is 23.1 Å². The molecule has 0 bridgehead atoms. The van der Waals surface area contributed by atoms with Crippen molar-refractivity contribution >= 4 is 40.6 Å². The lowest BCUT2D eigenvalue weighted by Crippen LogP contribution is -2.29. The fourth-order valence-electron chi connectivity index (χ4n) is 2.89. The molecule has 7 heteroatoms. The summed E-state index contributed by atoms with van der Waals surface area (Å²) in [7, 11) is 0. The molecule has 0 radical (unpaired) electrons. The molecule has 3 rings (SSSR count). The second kappa shape index (κ2) is 9.71. The lowest BCUT2D eigenvalue weighted by molar-refractivity contribution is -0.120. The van der Waals surface area contributed by atoms with Gasteiger partial charge < -0.3 is 10.6 Å². The standard InChI is InChI=1S/C22H23N3O2S2/c1-14-11-18(29-22-23-15(2)13-28-22)9-10-19(14)25-21(27)12-20(24-16(3)26)17-7-5-4-6-8-17/h4-11,13,20H,12H2,1-3H3,(H,24,26)(H,25,27). The molecule has 0 aliphatic rings. The molecule has 1 unspecified atom stereocenters. The quantitative estimate of drug-likeness (QED) is 0.551. The highest BCUT2D eigenvalue weighted by Crippen LogP contribution is 2.32. The van der Waals surface area contributed by atoms with Crippen LogP contribution in [-0.2, 0) is 9.59 Å². The van der Waals surface area contributed by atoms with E-state index in [1.807, 2.05) is 67.8 Å². The monoisotopic (exact) mass is 425 g/mol. The molecule has 0 saturated carbocycles. The van der Waals surface area contributed by atoms with Crippen molar-refractivity contribution in [1.82, 2.24) is 10.3 Å². The Labute approximate surface area is 179 Å². The van der Waals surface area contributed by atoms with Crippen molar-refractivity contribution in [1.29, 1.82) is 0 Å². The zero-order chi connectivity index (χ0) is 20.8. The van der Waals surface area contributed by atoms with E-state index in [1.165, 1.54) is 6.92 Å². The van der Waals surface area contributed by atoms with Gasteiger partial charge in [-0.3, -0.25) is 9.59 Å². The van der Waals surface area contributed by atoms with Gasteiger partial charge in [-0.1, -0.05) is 42.1 Å². The van der Waals surface area contributed by atoms with Crippen LogP contribution in [0.2, 0.25) is 0 Å². The summed E-state index contributed by atoms with van der Waals surface area (Å²) in [6.07, 6.45) is 0.165. The SMILES string of the molecule is CC(=O)NC(CC(=O)Nc1ccc(Sc2nc(C)cs2)cc1C)c1ccccc1. The first-order valence-electron chi connectivity index (χ1n) is 9.23. The van der Waals surface area contributed by atoms with Crippen molar-refractivity contribution in [2.45, 2.75) is 42.5 Å². The van der Waals surface area contributed by atoms with Crippen molar-refractivity contribution < 1.29 is 9.59 Å². The van der Waals surface area contributed by atoms with E-state index >= 15 is 0 Å². The fraction of sp³-hybridized carbons (Fsp3) is 0.227. The summed E-state index contributed by atoms with van der Waals surface area (Å²) in [6, 6.07) is 15.1. The van der Waals surface area contributed by atoms with Crippen LogP contribution in [0.4, 0.5) is 5.69 Å². The number of carbonyl (C=O) groups excluding carboxylic acids is 2. The van der Waals surface area contributed by atoms with E-state index in [-0.39, 0.29) is 24.3 Å². The lowest BCUT2D eigenvalue weighted by atomic mass is 10.0. The highest BCUT2D eigenvalue weighted by Gasteiger charge is 2.17. The summed E-state index contributed by atoms with van der Waals surface area (Å²) in [6.45, 7) is 5.40. The molecule has 0 saturated heterocycles. The Morgan fingerprint density at radius 2 is 1.90 bits per heavy atom. The number of benzene rings is 2. The molecular weight excluding hydrogens is 402 g/mol. The third-order valence-electron chi connectivity index (χ3n) is 4.24. The van der Waals surface area contributed by atoms with Gasteiger partial charge in [-0.15, -0.1) is 11.3 Å². The van der Waals surface area contributed by atoms with Gasteiger partial charge in [0.25, 0.3) is 0 Å². The normalized spacial score (nSPS) is 11.7. The molecule has 1 heterocycles. The van der Waals surface area contributed by atoms with Crippen molar-refractivity contribution in [3.63, 3.8) is 0 Å². The van der Waals surface area contributed by atoms with Gasteiger partial charge in [0, 0.05) is 28.6 Å². The number of hydrogen-bond donors (Lipinski definition) is 2. The smallest absolute Gasteiger partial charge is 0.226 e. The molecule has 2 amide bonds. The Balaban J connectivity index is 1.66. The van der Waals surface area contributed by atoms with E-state index in [4.69, 9.17) is 0 Å². The minimum absolute atomic E-state index is 0.147. The molecule has 2 N–H and O–H groups in total. The Hall–Kier alpha value is -2.64. The minimum atomic E-state index is -0.364. The van der Waals surface area contributed by atoms with Crippen LogP contribution in [0.25, 0.3) is 0 Å². The van der Waals surface area contributed by atoms with Crippen LogP contribution in [0.15, 0.2) is 63.1 Å². The highest BCUT2D eigenvalue weighted by molar-refractivity contribution is 8.01. The van der Waals surface area contributed by atoms with Gasteiger partial charge in [0.05, 0.1) is 12.5 Å². The maximum atomic E-state index is 12.6. The summed E-state index contributed by atoms with van der Waals surface area (Å²) < 4.78 is 1.000. The highest BCUT2D eigenvalue weighted by atomic mass is 32.2. The molecule has 150 valence electrons. The molecule has 1 atom stereocenters. The summed E-state index contributed by atoms with van der Waals surface area (Å²) in [5, 5.41) is 7.85. The Bertz CT molecular complexity index is 1000. The molecular formula is C22H23N3O2S2. The Morgan fingerprint density at radius 3 is 2.52 bits per heavy atom. The number of thiazole rings is 1. The summed E-state index contributed by atoms with van der Waals surface area (Å²) in [4.78, 5) is 29.7. The topological polar surface area (TPSA) is 71.1 Å². The molecule has 5 nitrogen and oxygen atoms in total. The number of rotatable bonds is 7. The van der Waals surface area contributed by atoms with Crippen LogP contribution in [0, 0.1) is 13.8 Å². The molecule has 0 aliphatic heterocycles. The van der Waals surface area contributed by atoms with Crippen LogP contribution in [0.3, 0.4) is 0 Å². The summed E-state index contributed by atoms with van der Waals surface area (Å²) in [5.41, 5.74) is 3.67. The molecule has 1 aromatic heterocycles. The van der Waals surface area contributed by atoms with Gasteiger partial charge in [-0.25, -0.2) is 4.98 Å². The predicted molar refractivity (Wildman–Crippen MR) is 118 cm³/mol. The van der Waals surface area contributed by atoms with E-state index in [2.05, 4.69) is 15.6 Å². The van der Waals surface area contributed by atoms with Gasteiger partial charge in [-0.05, 0) is 43.2 Å². The number of nitrogens with one attached hydrogen (secondary N) is 2. The maximum Gasteiger partial charge on any atom is 0.226 e. The van der Waals surface area contributed by atoms with Crippen molar-refractivity contribution in [2.24, 2.45) is 0 Å². The summed E-state index contributed by atoms with van der Waals surface area (Å²) >= 11 is 3.23. The molecule has 0 aliphatic carbocycles. The minimum Gasteiger partial charge on any atom is -0.349 e. The van der Waals surface area contributed by atoms with Crippen LogP contribution < -0.4 is 10.6 Å². The largest absolute Gasteiger partial charge is 0.349 e. The average molecular weight is 426 g/mol. The number of amides is 2. The number of carbonyl (C=O) groups is 2. The summed E-state index contributed by atoms with van der Waals surface area (Å²) in [5.74, 6) is -0.312. The van der Waals surface area contributed by atoms with Crippen molar-refractivity contribution in [3.8, 4) is 0 Å². The van der Waals surface area contributed by atoms with Gasteiger partial charge in [0.15, 0.2) is 4.34 Å². The van der Waals surface area contributed by atoms with E-state index in [0.717, 1.165) is 31.7 Å². The predicted octanol–water partition coefficient (Wildman–Crippen LogP) is 5.12. The fourth-order valence-corrected chi connectivity index (χ4v) is 4.80. The molecule has 3 aromatic rings. The number of aromatic nitrogens is 1. The zero-order valence-corrected chi connectivity index (χ0v) is 18.2. The van der Waals surface area contributed by atoms with Crippen molar-refractivity contribution in [2.75, 3.05) is 5.32 Å². The third-order valence-corrected chi connectivity index (χ3v) is 6.29. The molecule has 2 aromatic carbocycles. The van der Waals surface area contributed by atoms with Gasteiger partial charge >= 0.3 is 0 Å². The van der Waals surface area contributed by atoms with E-state index in [0.29, 0.717) is 0 Å². The molecule has 29 heavy (non-hydrogen) atoms. The number of anilines is 1. The number of hydrogen-bond acceptors (Lipinski definition) is 5. The Kier molecular flexibility index (Phi) is 7.06. The zero-order valence-electron chi connectivity index (χ0n) is 16.6. The van der Waals surface area contributed by atoms with E-state index in [1.54, 1.807) is 23.1 Å². The van der Waals surface area contributed by atoms with Gasteiger partial charge in [0.2, 0.25) is 11.8 Å². The van der Waals surface area contributed by atoms with Gasteiger partial charge in [0.1, 0.15) is 0 Å². The van der Waals surface area contributed by atoms with Crippen LogP contribution in [-0.4, -0.2) is 16.8 Å². The van der Waals surface area contributed by atoms with E-state index < -0.39 is 0 Å². The second-order valence-corrected chi connectivity index (χ2v) is 8.93. The number of aryl methyl sites for hydroxylation is 2. The average Bonchev–Trinajstić information content (AvgIpc) is 3.08. The second-order valence-electron chi connectivity index (χ2n) is 6.75. The molecule has 0 fully saturated rings. The van der Waals surface area contributed by atoms with Crippen molar-refractivity contribution in [3.05, 3.63) is 70.7 Å². The third kappa shape index (κ3) is 6.17. The number of nitrogens with zero attached hydrogens (tertiary/aromatic N) is 1.